The Kier molecular flexibility index (Phi) is 4.65. The summed E-state index contributed by atoms with van der Waals surface area (Å²) in [6.07, 6.45) is 4.60. The van der Waals surface area contributed by atoms with Crippen LogP contribution in [0.3, 0.4) is 0 Å². The van der Waals surface area contributed by atoms with E-state index in [2.05, 4.69) is 21.8 Å². The van der Waals surface area contributed by atoms with Crippen LogP contribution in [0.4, 0.5) is 5.82 Å². The third-order valence-corrected chi connectivity index (χ3v) is 4.93. The minimum absolute atomic E-state index is 0.0778. The molecular weight excluding hydrogens is 320 g/mol. The maximum absolute atomic E-state index is 12.1. The van der Waals surface area contributed by atoms with Crippen molar-refractivity contribution in [2.75, 3.05) is 25.0 Å². The van der Waals surface area contributed by atoms with Crippen LogP contribution in [0.1, 0.15) is 19.8 Å². The van der Waals surface area contributed by atoms with E-state index >= 15 is 0 Å². The minimum atomic E-state index is -0.132. The standard InChI is InChI=1S/C17H20N6O2/c1-12-4-7-22(15(25)3-6-18)9-14(12)21(2)16-13-5-8-23(11-24)17(13)20-10-19-16/h5,8,10-12,14H,3-4,7,9H2,1-2H3. The van der Waals surface area contributed by atoms with Gasteiger partial charge in [-0.2, -0.15) is 5.26 Å². The molecule has 3 rings (SSSR count). The van der Waals surface area contributed by atoms with E-state index in [1.807, 2.05) is 19.2 Å². The second-order valence-electron chi connectivity index (χ2n) is 6.38. The molecule has 1 amide bonds. The van der Waals surface area contributed by atoms with Crippen LogP contribution in [-0.4, -0.2) is 57.9 Å². The Balaban J connectivity index is 1.90. The molecule has 130 valence electrons. The zero-order valence-corrected chi connectivity index (χ0v) is 14.3. The zero-order valence-electron chi connectivity index (χ0n) is 14.3. The molecule has 0 N–H and O–H groups in total. The number of carbonyl (C=O) groups is 2. The van der Waals surface area contributed by atoms with E-state index in [1.165, 1.54) is 10.9 Å². The summed E-state index contributed by atoms with van der Waals surface area (Å²) in [6.45, 7) is 3.38. The van der Waals surface area contributed by atoms with Crippen molar-refractivity contribution < 1.29 is 9.59 Å². The number of rotatable bonds is 4. The molecule has 3 heterocycles. The van der Waals surface area contributed by atoms with E-state index in [0.717, 1.165) is 17.6 Å². The van der Waals surface area contributed by atoms with Crippen LogP contribution in [0.5, 0.6) is 0 Å². The summed E-state index contributed by atoms with van der Waals surface area (Å²) >= 11 is 0. The van der Waals surface area contributed by atoms with Gasteiger partial charge in [-0.25, -0.2) is 9.97 Å². The maximum atomic E-state index is 12.1. The van der Waals surface area contributed by atoms with Gasteiger partial charge in [0.1, 0.15) is 18.6 Å². The molecule has 1 fully saturated rings. The summed E-state index contributed by atoms with van der Waals surface area (Å²) in [6, 6.07) is 3.82. The number of nitrogens with zero attached hydrogens (tertiary/aromatic N) is 6. The van der Waals surface area contributed by atoms with Crippen LogP contribution in [-0.2, 0) is 9.59 Å². The summed E-state index contributed by atoms with van der Waals surface area (Å²) in [5.41, 5.74) is 0.563. The summed E-state index contributed by atoms with van der Waals surface area (Å²) in [5, 5.41) is 9.56. The number of hydrogen-bond acceptors (Lipinski definition) is 6. The molecule has 1 aliphatic heterocycles. The predicted molar refractivity (Wildman–Crippen MR) is 92.5 cm³/mol. The molecule has 1 aliphatic rings. The number of likely N-dealkylation sites (N-methyl/N-ethyl adjacent to an activating group) is 1. The highest BCUT2D eigenvalue weighted by Gasteiger charge is 2.32. The molecular formula is C17H20N6O2. The Morgan fingerprint density at radius 1 is 1.52 bits per heavy atom. The van der Waals surface area contributed by atoms with E-state index in [4.69, 9.17) is 5.26 Å². The fourth-order valence-corrected chi connectivity index (χ4v) is 3.44. The molecule has 0 radical (unpaired) electrons. The first-order valence-corrected chi connectivity index (χ1v) is 8.21. The van der Waals surface area contributed by atoms with Gasteiger partial charge in [-0.3, -0.25) is 14.2 Å². The van der Waals surface area contributed by atoms with Crippen molar-refractivity contribution >= 4 is 29.2 Å². The molecule has 25 heavy (non-hydrogen) atoms. The van der Waals surface area contributed by atoms with Gasteiger partial charge >= 0.3 is 0 Å². The van der Waals surface area contributed by atoms with Gasteiger partial charge in [0.2, 0.25) is 12.3 Å². The van der Waals surface area contributed by atoms with Crippen LogP contribution < -0.4 is 4.90 Å². The monoisotopic (exact) mass is 340 g/mol. The normalized spacial score (nSPS) is 20.3. The van der Waals surface area contributed by atoms with Crippen molar-refractivity contribution in [1.29, 1.82) is 5.26 Å². The van der Waals surface area contributed by atoms with Crippen LogP contribution in [0, 0.1) is 17.2 Å². The lowest BCUT2D eigenvalue weighted by atomic mass is 9.92. The number of amides is 1. The summed E-state index contributed by atoms with van der Waals surface area (Å²) < 4.78 is 1.42. The first kappa shape index (κ1) is 16.9. The number of piperidine rings is 1. The maximum Gasteiger partial charge on any atom is 0.236 e. The van der Waals surface area contributed by atoms with E-state index in [-0.39, 0.29) is 18.4 Å². The van der Waals surface area contributed by atoms with Crippen molar-refractivity contribution in [3.8, 4) is 6.07 Å². The first-order valence-electron chi connectivity index (χ1n) is 8.21. The SMILES string of the molecule is CC1CCN(C(=O)CC#N)CC1N(C)c1ncnc2c1ccn2C=O. The topological polar surface area (TPSA) is 95.1 Å². The zero-order chi connectivity index (χ0) is 18.0. The number of nitriles is 1. The number of likely N-dealkylation sites (tertiary alicyclic amines) is 1. The molecule has 0 aromatic carbocycles. The molecule has 0 spiro atoms. The van der Waals surface area contributed by atoms with Gasteiger partial charge in [-0.15, -0.1) is 0 Å². The third kappa shape index (κ3) is 3.05. The molecule has 0 saturated carbocycles. The molecule has 1 saturated heterocycles. The van der Waals surface area contributed by atoms with Crippen molar-refractivity contribution in [2.24, 2.45) is 5.92 Å². The molecule has 0 aliphatic carbocycles. The third-order valence-electron chi connectivity index (χ3n) is 4.93. The van der Waals surface area contributed by atoms with E-state index < -0.39 is 0 Å². The molecule has 0 bridgehead atoms. The van der Waals surface area contributed by atoms with Crippen LogP contribution in [0.2, 0.25) is 0 Å². The van der Waals surface area contributed by atoms with Crippen LogP contribution >= 0.6 is 0 Å². The lowest BCUT2D eigenvalue weighted by Gasteiger charge is -2.42. The van der Waals surface area contributed by atoms with Gasteiger partial charge < -0.3 is 9.80 Å². The average Bonchev–Trinajstić information content (AvgIpc) is 3.05. The Morgan fingerprint density at radius 3 is 3.04 bits per heavy atom. The number of hydrogen-bond donors (Lipinski definition) is 0. The summed E-state index contributed by atoms with van der Waals surface area (Å²) in [4.78, 5) is 35.6. The fraction of sp³-hybridized carbons (Fsp3) is 0.471. The van der Waals surface area contributed by atoms with Crippen molar-refractivity contribution in [3.63, 3.8) is 0 Å². The van der Waals surface area contributed by atoms with Gasteiger partial charge in [0.15, 0.2) is 5.65 Å². The highest BCUT2D eigenvalue weighted by atomic mass is 16.2. The fourth-order valence-electron chi connectivity index (χ4n) is 3.44. The van der Waals surface area contributed by atoms with E-state index in [9.17, 15) is 9.59 Å². The second kappa shape index (κ2) is 6.89. The molecule has 8 heteroatoms. The molecule has 2 aromatic rings. The van der Waals surface area contributed by atoms with Gasteiger partial charge in [0.05, 0.1) is 17.5 Å². The minimum Gasteiger partial charge on any atom is -0.354 e. The van der Waals surface area contributed by atoms with Gasteiger partial charge in [-0.1, -0.05) is 6.92 Å². The van der Waals surface area contributed by atoms with Gasteiger partial charge in [-0.05, 0) is 18.4 Å². The Bertz CT molecular complexity index is 839. The largest absolute Gasteiger partial charge is 0.354 e. The van der Waals surface area contributed by atoms with Crippen molar-refractivity contribution in [2.45, 2.75) is 25.8 Å². The molecule has 2 unspecified atom stereocenters. The number of aromatic nitrogens is 3. The number of fused-ring (bicyclic) bond motifs is 1. The van der Waals surface area contributed by atoms with Crippen molar-refractivity contribution in [3.05, 3.63) is 18.6 Å². The van der Waals surface area contributed by atoms with Gasteiger partial charge in [0.25, 0.3) is 0 Å². The quantitative estimate of drug-likeness (QED) is 0.772. The molecule has 2 atom stereocenters. The molecule has 2 aromatic heterocycles. The second-order valence-corrected chi connectivity index (χ2v) is 6.38. The number of anilines is 1. The van der Waals surface area contributed by atoms with Gasteiger partial charge in [0, 0.05) is 26.3 Å². The van der Waals surface area contributed by atoms with E-state index in [0.29, 0.717) is 31.1 Å². The first-order chi connectivity index (χ1) is 12.1. The smallest absolute Gasteiger partial charge is 0.236 e. The Morgan fingerprint density at radius 2 is 2.32 bits per heavy atom. The highest BCUT2D eigenvalue weighted by Crippen LogP contribution is 2.29. The lowest BCUT2D eigenvalue weighted by molar-refractivity contribution is -0.131. The van der Waals surface area contributed by atoms with Crippen molar-refractivity contribution in [1.82, 2.24) is 19.4 Å². The number of carbonyl (C=O) groups excluding carboxylic acids is 2. The average molecular weight is 340 g/mol. The molecule has 8 nitrogen and oxygen atoms in total. The Labute approximate surface area is 145 Å². The Hall–Kier alpha value is -2.95. The van der Waals surface area contributed by atoms with Crippen LogP contribution in [0.25, 0.3) is 11.0 Å². The predicted octanol–water partition coefficient (Wildman–Crippen LogP) is 1.06. The lowest BCUT2D eigenvalue weighted by Crippen LogP contribution is -2.52. The highest BCUT2D eigenvalue weighted by molar-refractivity contribution is 5.91. The van der Waals surface area contributed by atoms with E-state index in [1.54, 1.807) is 11.1 Å². The summed E-state index contributed by atoms with van der Waals surface area (Å²) in [7, 11) is 1.94. The van der Waals surface area contributed by atoms with Crippen LogP contribution in [0.15, 0.2) is 18.6 Å². The summed E-state index contributed by atoms with van der Waals surface area (Å²) in [5.74, 6) is 0.971.